The second-order valence-electron chi connectivity index (χ2n) is 7.19. The van der Waals surface area contributed by atoms with Crippen LogP contribution in [0.25, 0.3) is 11.2 Å². The number of halogens is 3. The molecule has 0 aliphatic heterocycles. The molecule has 1 aliphatic carbocycles. The van der Waals surface area contributed by atoms with Crippen LogP contribution >= 0.6 is 11.3 Å². The Morgan fingerprint density at radius 1 is 1.34 bits per heavy atom. The summed E-state index contributed by atoms with van der Waals surface area (Å²) in [6.07, 6.45) is -3.68. The number of pyridine rings is 1. The molecule has 0 aromatic carbocycles. The van der Waals surface area contributed by atoms with Gasteiger partial charge in [-0.05, 0) is 44.5 Å². The van der Waals surface area contributed by atoms with Crippen LogP contribution in [0.15, 0.2) is 24.3 Å². The summed E-state index contributed by atoms with van der Waals surface area (Å²) in [6.45, 7) is 2.36. The standard InChI is InChI=1S/C19H19F3N4O2S/c1-9-3-4-13-17(23-9)26-16(25-13)11-7-12(11)18(27)24-10(2)14-5-6-15(29-14)28-8-19(20,21)22/h3-6,10-12H,7-8H2,1-2H3,(H,24,27)(H,23,25,26). The first-order valence-electron chi connectivity index (χ1n) is 9.12. The molecule has 10 heteroatoms. The normalized spacial score (nSPS) is 19.9. The highest BCUT2D eigenvalue weighted by Crippen LogP contribution is 2.47. The number of amides is 1. The highest BCUT2D eigenvalue weighted by molar-refractivity contribution is 7.13. The Kier molecular flexibility index (Phi) is 4.97. The van der Waals surface area contributed by atoms with E-state index in [-0.39, 0.29) is 28.8 Å². The van der Waals surface area contributed by atoms with Gasteiger partial charge in [-0.3, -0.25) is 4.79 Å². The fourth-order valence-corrected chi connectivity index (χ4v) is 4.02. The molecule has 1 saturated carbocycles. The number of aryl methyl sites for hydroxylation is 1. The average molecular weight is 424 g/mol. The monoisotopic (exact) mass is 424 g/mol. The number of alkyl halides is 3. The molecule has 29 heavy (non-hydrogen) atoms. The van der Waals surface area contributed by atoms with Gasteiger partial charge in [0.1, 0.15) is 5.82 Å². The summed E-state index contributed by atoms with van der Waals surface area (Å²) < 4.78 is 41.5. The van der Waals surface area contributed by atoms with Gasteiger partial charge in [0, 0.05) is 22.4 Å². The Bertz CT molecular complexity index is 1050. The minimum atomic E-state index is -4.38. The number of aromatic nitrogens is 3. The van der Waals surface area contributed by atoms with E-state index in [9.17, 15) is 18.0 Å². The largest absolute Gasteiger partial charge is 0.475 e. The summed E-state index contributed by atoms with van der Waals surface area (Å²) in [7, 11) is 0. The summed E-state index contributed by atoms with van der Waals surface area (Å²) in [4.78, 5) is 25.4. The van der Waals surface area contributed by atoms with Crippen molar-refractivity contribution >= 4 is 28.4 Å². The smallest absolute Gasteiger partial charge is 0.422 e. The Morgan fingerprint density at radius 3 is 2.90 bits per heavy atom. The Balaban J connectivity index is 1.34. The molecule has 0 spiro atoms. The van der Waals surface area contributed by atoms with Gasteiger partial charge in [-0.15, -0.1) is 11.3 Å². The van der Waals surface area contributed by atoms with Crippen molar-refractivity contribution in [3.05, 3.63) is 40.7 Å². The van der Waals surface area contributed by atoms with Gasteiger partial charge >= 0.3 is 6.18 Å². The number of carbonyl (C=O) groups excluding carboxylic acids is 1. The fourth-order valence-electron chi connectivity index (χ4n) is 3.16. The van der Waals surface area contributed by atoms with Crippen LogP contribution in [0.3, 0.4) is 0 Å². The van der Waals surface area contributed by atoms with Gasteiger partial charge < -0.3 is 15.0 Å². The quantitative estimate of drug-likeness (QED) is 0.620. The molecule has 1 fully saturated rings. The van der Waals surface area contributed by atoms with Crippen LogP contribution in [0.4, 0.5) is 13.2 Å². The maximum atomic E-state index is 12.6. The maximum Gasteiger partial charge on any atom is 0.422 e. The number of carbonyl (C=O) groups is 1. The van der Waals surface area contributed by atoms with Crippen molar-refractivity contribution in [3.8, 4) is 5.06 Å². The van der Waals surface area contributed by atoms with Gasteiger partial charge in [-0.1, -0.05) is 0 Å². The third kappa shape index (κ3) is 4.52. The number of fused-ring (bicyclic) bond motifs is 1. The van der Waals surface area contributed by atoms with Crippen molar-refractivity contribution in [1.29, 1.82) is 0 Å². The zero-order chi connectivity index (χ0) is 20.8. The minimum Gasteiger partial charge on any atom is -0.475 e. The lowest BCUT2D eigenvalue weighted by atomic mass is 10.2. The van der Waals surface area contributed by atoms with E-state index in [0.29, 0.717) is 12.1 Å². The predicted molar refractivity (Wildman–Crippen MR) is 102 cm³/mol. The van der Waals surface area contributed by atoms with Crippen LogP contribution in [-0.2, 0) is 4.79 Å². The van der Waals surface area contributed by atoms with Crippen LogP contribution in [0.5, 0.6) is 5.06 Å². The highest BCUT2D eigenvalue weighted by Gasteiger charge is 2.46. The molecular weight excluding hydrogens is 405 g/mol. The van der Waals surface area contributed by atoms with E-state index in [1.807, 2.05) is 19.1 Å². The number of aromatic amines is 1. The molecular formula is C19H19F3N4O2S. The lowest BCUT2D eigenvalue weighted by Crippen LogP contribution is -2.28. The minimum absolute atomic E-state index is 0.0192. The molecule has 0 bridgehead atoms. The SMILES string of the molecule is Cc1ccc2[nH]c(C3CC3C(=O)NC(C)c3ccc(OCC(F)(F)F)s3)nc2n1. The van der Waals surface area contributed by atoms with E-state index in [1.165, 1.54) is 6.07 Å². The lowest BCUT2D eigenvalue weighted by Gasteiger charge is -2.12. The highest BCUT2D eigenvalue weighted by atomic mass is 32.1. The molecule has 3 aromatic heterocycles. The number of nitrogens with one attached hydrogen (secondary N) is 2. The second kappa shape index (κ2) is 7.33. The van der Waals surface area contributed by atoms with Gasteiger partial charge in [-0.2, -0.15) is 13.2 Å². The molecule has 1 amide bonds. The number of nitrogens with zero attached hydrogens (tertiary/aromatic N) is 2. The van der Waals surface area contributed by atoms with E-state index in [0.717, 1.165) is 33.2 Å². The van der Waals surface area contributed by atoms with E-state index in [1.54, 1.807) is 13.0 Å². The van der Waals surface area contributed by atoms with Crippen molar-refractivity contribution in [1.82, 2.24) is 20.3 Å². The van der Waals surface area contributed by atoms with E-state index >= 15 is 0 Å². The molecule has 4 rings (SSSR count). The number of hydrogen-bond donors (Lipinski definition) is 2. The van der Waals surface area contributed by atoms with Crippen LogP contribution in [0.2, 0.25) is 0 Å². The Morgan fingerprint density at radius 2 is 2.14 bits per heavy atom. The number of ether oxygens (including phenoxy) is 1. The zero-order valence-electron chi connectivity index (χ0n) is 15.7. The molecule has 3 atom stereocenters. The molecule has 0 saturated heterocycles. The summed E-state index contributed by atoms with van der Waals surface area (Å²) in [5.74, 6) is 0.494. The lowest BCUT2D eigenvalue weighted by molar-refractivity contribution is -0.152. The van der Waals surface area contributed by atoms with Crippen LogP contribution in [0, 0.1) is 12.8 Å². The van der Waals surface area contributed by atoms with Crippen molar-refractivity contribution in [2.75, 3.05) is 6.61 Å². The molecule has 154 valence electrons. The number of imidazole rings is 1. The molecule has 3 heterocycles. The number of hydrogen-bond acceptors (Lipinski definition) is 5. The Hall–Kier alpha value is -2.62. The summed E-state index contributed by atoms with van der Waals surface area (Å²) in [6, 6.07) is 6.65. The maximum absolute atomic E-state index is 12.6. The first kappa shape index (κ1) is 19.7. The second-order valence-corrected chi connectivity index (χ2v) is 8.26. The third-order valence-corrected chi connectivity index (χ3v) is 5.93. The topological polar surface area (TPSA) is 79.9 Å². The van der Waals surface area contributed by atoms with Gasteiger partial charge in [0.15, 0.2) is 17.3 Å². The molecule has 3 aromatic rings. The van der Waals surface area contributed by atoms with Crippen molar-refractivity contribution in [2.24, 2.45) is 5.92 Å². The van der Waals surface area contributed by atoms with Gasteiger partial charge in [-0.25, -0.2) is 9.97 Å². The summed E-state index contributed by atoms with van der Waals surface area (Å²) in [5, 5.41) is 3.10. The van der Waals surface area contributed by atoms with Crippen molar-refractivity contribution in [3.63, 3.8) is 0 Å². The number of H-pyrrole nitrogens is 1. The molecule has 6 nitrogen and oxygen atoms in total. The van der Waals surface area contributed by atoms with E-state index < -0.39 is 12.8 Å². The third-order valence-electron chi connectivity index (χ3n) is 4.75. The van der Waals surface area contributed by atoms with Gasteiger partial charge in [0.2, 0.25) is 5.91 Å². The van der Waals surface area contributed by atoms with Crippen LogP contribution < -0.4 is 10.1 Å². The van der Waals surface area contributed by atoms with Gasteiger partial charge in [0.25, 0.3) is 0 Å². The first-order valence-corrected chi connectivity index (χ1v) is 9.94. The molecule has 2 N–H and O–H groups in total. The van der Waals surface area contributed by atoms with Crippen molar-refractivity contribution < 1.29 is 22.7 Å². The summed E-state index contributed by atoms with van der Waals surface area (Å²) >= 11 is 1.09. The van der Waals surface area contributed by atoms with Crippen molar-refractivity contribution in [2.45, 2.75) is 38.4 Å². The first-order chi connectivity index (χ1) is 13.7. The molecule has 1 aliphatic rings. The Labute approximate surface area is 168 Å². The summed E-state index contributed by atoms with van der Waals surface area (Å²) in [5.41, 5.74) is 2.36. The van der Waals surface area contributed by atoms with E-state index in [2.05, 4.69) is 20.3 Å². The van der Waals surface area contributed by atoms with Crippen LogP contribution in [-0.4, -0.2) is 33.6 Å². The number of thiophene rings is 1. The predicted octanol–water partition coefficient (Wildman–Crippen LogP) is 4.25. The van der Waals surface area contributed by atoms with Gasteiger partial charge in [0.05, 0.1) is 11.6 Å². The number of rotatable bonds is 6. The zero-order valence-corrected chi connectivity index (χ0v) is 16.5. The van der Waals surface area contributed by atoms with E-state index in [4.69, 9.17) is 4.74 Å². The fraction of sp³-hybridized carbons (Fsp3) is 0.421. The molecule has 3 unspecified atom stereocenters. The molecule has 0 radical (unpaired) electrons. The average Bonchev–Trinajstić information content (AvgIpc) is 3.11. The van der Waals surface area contributed by atoms with Crippen LogP contribution in [0.1, 0.15) is 41.7 Å².